The molecule has 2 aliphatic heterocycles. The second-order valence-electron chi connectivity index (χ2n) is 9.20. The number of anilines is 1. The summed E-state index contributed by atoms with van der Waals surface area (Å²) < 4.78 is 20.6. The number of fused-ring (bicyclic) bond motifs is 1. The van der Waals surface area contributed by atoms with Crippen molar-refractivity contribution in [3.05, 3.63) is 83.4 Å². The summed E-state index contributed by atoms with van der Waals surface area (Å²) in [4.78, 5) is 56.7. The molecule has 2 aliphatic rings. The number of esters is 2. The number of thioether (sulfide) groups is 1. The fourth-order valence-electron chi connectivity index (χ4n) is 4.25. The Balaban J connectivity index is 1.38. The van der Waals surface area contributed by atoms with E-state index in [-0.39, 0.29) is 38.2 Å². The molecule has 0 saturated carbocycles. The molecule has 1 fully saturated rings. The van der Waals surface area contributed by atoms with Crippen LogP contribution in [0.2, 0.25) is 0 Å². The van der Waals surface area contributed by atoms with Crippen LogP contribution in [0, 0.1) is 0 Å². The first kappa shape index (κ1) is 28.7. The molecule has 11 nitrogen and oxygen atoms in total. The molecule has 0 unspecified atom stereocenters. The second-order valence-corrected chi connectivity index (χ2v) is 10.4. The lowest BCUT2D eigenvalue weighted by Crippen LogP contribution is -2.44. The molecule has 0 bridgehead atoms. The van der Waals surface area contributed by atoms with Gasteiger partial charge in [0, 0.05) is 12.1 Å². The number of nitrogens with one attached hydrogen (secondary N) is 1. The van der Waals surface area contributed by atoms with Crippen molar-refractivity contribution >= 4 is 52.1 Å². The van der Waals surface area contributed by atoms with E-state index in [9.17, 15) is 19.2 Å². The third-order valence-electron chi connectivity index (χ3n) is 6.39. The maximum Gasteiger partial charge on any atom is 0.338 e. The van der Waals surface area contributed by atoms with Gasteiger partial charge in [0.15, 0.2) is 16.7 Å². The minimum Gasteiger partial charge on any atom is -0.465 e. The van der Waals surface area contributed by atoms with Crippen LogP contribution in [0.1, 0.15) is 39.6 Å². The molecule has 1 N–H and O–H groups in total. The first-order chi connectivity index (χ1) is 20.3. The van der Waals surface area contributed by atoms with E-state index in [0.29, 0.717) is 39.2 Å². The quantitative estimate of drug-likeness (QED) is 0.376. The van der Waals surface area contributed by atoms with Crippen molar-refractivity contribution in [1.29, 1.82) is 0 Å². The zero-order valence-corrected chi connectivity index (χ0v) is 23.6. The normalized spacial score (nSPS) is 16.7. The smallest absolute Gasteiger partial charge is 0.338 e. The van der Waals surface area contributed by atoms with Crippen molar-refractivity contribution in [3.8, 4) is 11.5 Å². The topological polar surface area (TPSA) is 133 Å². The Morgan fingerprint density at radius 1 is 0.976 bits per heavy atom. The number of aliphatic imine (C=N–C) groups is 1. The van der Waals surface area contributed by atoms with Gasteiger partial charge in [-0.25, -0.2) is 14.6 Å². The van der Waals surface area contributed by atoms with E-state index >= 15 is 0 Å². The second kappa shape index (κ2) is 12.8. The molecular formula is C30H27N3O8S. The Bertz CT molecular complexity index is 1540. The van der Waals surface area contributed by atoms with Gasteiger partial charge in [0.2, 0.25) is 18.6 Å². The molecule has 2 heterocycles. The summed E-state index contributed by atoms with van der Waals surface area (Å²) in [5.41, 5.74) is 2.48. The van der Waals surface area contributed by atoms with E-state index in [2.05, 4.69) is 5.32 Å². The van der Waals surface area contributed by atoms with Crippen molar-refractivity contribution in [3.63, 3.8) is 0 Å². The van der Waals surface area contributed by atoms with Crippen LogP contribution < -0.4 is 14.8 Å². The molecule has 1 atom stereocenters. The maximum atomic E-state index is 13.5. The fraction of sp³-hybridized carbons (Fsp3) is 0.233. The number of hydrogen-bond acceptors (Lipinski definition) is 10. The highest BCUT2D eigenvalue weighted by Crippen LogP contribution is 2.35. The predicted octanol–water partition coefficient (Wildman–Crippen LogP) is 4.54. The number of nitrogens with zero attached hydrogens (tertiary/aromatic N) is 2. The molecule has 5 rings (SSSR count). The van der Waals surface area contributed by atoms with Crippen LogP contribution in [0.4, 0.5) is 11.4 Å². The number of amides is 2. The van der Waals surface area contributed by atoms with Gasteiger partial charge in [-0.3, -0.25) is 14.5 Å². The Kier molecular flexibility index (Phi) is 8.72. The zero-order valence-electron chi connectivity index (χ0n) is 22.8. The molecular weight excluding hydrogens is 562 g/mol. The lowest BCUT2D eigenvalue weighted by molar-refractivity contribution is -0.129. The number of carbonyl (C=O) groups is 4. The number of carbonyl (C=O) groups excluding carboxylic acids is 4. The summed E-state index contributed by atoms with van der Waals surface area (Å²) in [6.07, 6.45) is -0.0535. The van der Waals surface area contributed by atoms with E-state index < -0.39 is 17.2 Å². The molecule has 0 aliphatic carbocycles. The lowest BCUT2D eigenvalue weighted by Gasteiger charge is -2.32. The van der Waals surface area contributed by atoms with E-state index in [1.807, 2.05) is 12.1 Å². The first-order valence-electron chi connectivity index (χ1n) is 13.0. The third-order valence-corrected chi connectivity index (χ3v) is 7.57. The highest BCUT2D eigenvalue weighted by atomic mass is 32.2. The number of amidine groups is 1. The molecule has 216 valence electrons. The monoisotopic (exact) mass is 589 g/mol. The average Bonchev–Trinajstić information content (AvgIpc) is 3.47. The van der Waals surface area contributed by atoms with E-state index in [1.54, 1.807) is 61.5 Å². The summed E-state index contributed by atoms with van der Waals surface area (Å²) in [6, 6.07) is 18.2. The minimum atomic E-state index is -0.761. The van der Waals surface area contributed by atoms with Crippen LogP contribution in [-0.4, -0.2) is 59.6 Å². The Hall–Kier alpha value is -4.84. The van der Waals surface area contributed by atoms with Gasteiger partial charge in [-0.05, 0) is 73.2 Å². The van der Waals surface area contributed by atoms with Gasteiger partial charge in [0.1, 0.15) is 5.25 Å². The molecule has 1 saturated heterocycles. The van der Waals surface area contributed by atoms with Gasteiger partial charge in [0.25, 0.3) is 0 Å². The van der Waals surface area contributed by atoms with Crippen LogP contribution in [0.5, 0.6) is 11.5 Å². The van der Waals surface area contributed by atoms with Crippen molar-refractivity contribution < 1.29 is 38.1 Å². The molecule has 0 radical (unpaired) electrons. The van der Waals surface area contributed by atoms with Crippen molar-refractivity contribution in [2.45, 2.75) is 25.1 Å². The molecule has 3 aromatic carbocycles. The first-order valence-corrected chi connectivity index (χ1v) is 13.9. The van der Waals surface area contributed by atoms with Gasteiger partial charge < -0.3 is 24.3 Å². The van der Waals surface area contributed by atoms with E-state index in [0.717, 1.165) is 17.3 Å². The number of ether oxygens (including phenoxy) is 4. The Labute approximate surface area is 245 Å². The molecule has 2 amide bonds. The Morgan fingerprint density at radius 3 is 2.38 bits per heavy atom. The highest BCUT2D eigenvalue weighted by molar-refractivity contribution is 8.15. The molecule has 12 heteroatoms. The van der Waals surface area contributed by atoms with Crippen LogP contribution in [0.15, 0.2) is 71.7 Å². The number of hydrogen-bond donors (Lipinski definition) is 1. The SMILES string of the molecule is CCOC(=O)c1ccc(N=C2S[C@@H](C(=O)Nc3ccc(C(=O)OC)cc3)CC(=O)N2Cc2ccc3c(c2)OCO3)cc1. The maximum absolute atomic E-state index is 13.5. The van der Waals surface area contributed by atoms with Crippen LogP contribution in [0.3, 0.4) is 0 Å². The summed E-state index contributed by atoms with van der Waals surface area (Å²) in [5.74, 6) is -0.375. The fourth-order valence-corrected chi connectivity index (χ4v) is 5.34. The van der Waals surface area contributed by atoms with Crippen LogP contribution in [0.25, 0.3) is 0 Å². The number of methoxy groups -OCH3 is 1. The van der Waals surface area contributed by atoms with E-state index in [1.165, 1.54) is 12.0 Å². The van der Waals surface area contributed by atoms with Gasteiger partial charge in [-0.2, -0.15) is 0 Å². The summed E-state index contributed by atoms with van der Waals surface area (Å²) in [5, 5.41) is 2.37. The largest absolute Gasteiger partial charge is 0.465 e. The third kappa shape index (κ3) is 6.55. The summed E-state index contributed by atoms with van der Waals surface area (Å²) >= 11 is 1.16. The van der Waals surface area contributed by atoms with Gasteiger partial charge in [0.05, 0.1) is 37.1 Å². The lowest BCUT2D eigenvalue weighted by atomic mass is 10.1. The van der Waals surface area contributed by atoms with E-state index in [4.69, 9.17) is 23.9 Å². The summed E-state index contributed by atoms with van der Waals surface area (Å²) in [7, 11) is 1.29. The van der Waals surface area contributed by atoms with Crippen LogP contribution >= 0.6 is 11.8 Å². The van der Waals surface area contributed by atoms with Gasteiger partial charge in [-0.1, -0.05) is 17.8 Å². The van der Waals surface area contributed by atoms with Crippen molar-refractivity contribution in [1.82, 2.24) is 4.90 Å². The van der Waals surface area contributed by atoms with Crippen molar-refractivity contribution in [2.24, 2.45) is 4.99 Å². The van der Waals surface area contributed by atoms with Gasteiger partial charge >= 0.3 is 11.9 Å². The van der Waals surface area contributed by atoms with Crippen molar-refractivity contribution in [2.75, 3.05) is 25.8 Å². The molecule has 0 aromatic heterocycles. The van der Waals surface area contributed by atoms with Gasteiger partial charge in [-0.15, -0.1) is 0 Å². The zero-order chi connectivity index (χ0) is 29.6. The number of benzene rings is 3. The van der Waals surface area contributed by atoms with Crippen LogP contribution in [-0.2, 0) is 25.6 Å². The minimum absolute atomic E-state index is 0.0535. The molecule has 42 heavy (non-hydrogen) atoms. The Morgan fingerprint density at radius 2 is 1.67 bits per heavy atom. The molecule has 0 spiro atoms. The predicted molar refractivity (Wildman–Crippen MR) is 155 cm³/mol. The molecule has 3 aromatic rings. The number of rotatable bonds is 8. The standard InChI is InChI=1S/C30H27N3O8S/c1-3-39-29(37)20-7-11-22(12-8-20)32-30-33(16-18-4-13-23-24(14-18)41-17-40-23)26(34)15-25(42-30)27(35)31-21-9-5-19(6-10-21)28(36)38-2/h4-14,25H,3,15-17H2,1-2H3,(H,31,35)/t25-/m1/s1. The highest BCUT2D eigenvalue weighted by Gasteiger charge is 2.36. The average molecular weight is 590 g/mol. The summed E-state index contributed by atoms with van der Waals surface area (Å²) in [6.45, 7) is 2.32.